The van der Waals surface area contributed by atoms with Crippen molar-refractivity contribution in [3.63, 3.8) is 0 Å². The van der Waals surface area contributed by atoms with Crippen molar-refractivity contribution in [2.24, 2.45) is 12.8 Å². The van der Waals surface area contributed by atoms with Gasteiger partial charge in [-0.1, -0.05) is 37.3 Å². The van der Waals surface area contributed by atoms with E-state index in [0.29, 0.717) is 5.70 Å². The van der Waals surface area contributed by atoms with Crippen molar-refractivity contribution in [3.8, 4) is 11.3 Å². The third kappa shape index (κ3) is 2.03. The van der Waals surface area contributed by atoms with E-state index in [2.05, 4.69) is 42.9 Å². The van der Waals surface area contributed by atoms with E-state index in [1.165, 1.54) is 30.4 Å². The molecule has 1 heterocycles. The second-order valence-corrected chi connectivity index (χ2v) is 5.72. The number of aromatic nitrogens is 2. The summed E-state index contributed by atoms with van der Waals surface area (Å²) in [7, 11) is 1.95. The predicted octanol–water partition coefficient (Wildman–Crippen LogP) is 3.59. The van der Waals surface area contributed by atoms with Crippen molar-refractivity contribution in [2.75, 3.05) is 0 Å². The molecule has 0 bridgehead atoms. The van der Waals surface area contributed by atoms with Gasteiger partial charge in [-0.05, 0) is 31.2 Å². The number of nitrogens with zero attached hydrogens (tertiary/aromatic N) is 2. The molecule has 0 saturated heterocycles. The van der Waals surface area contributed by atoms with Crippen molar-refractivity contribution >= 4 is 5.70 Å². The molecule has 3 heteroatoms. The number of hydrogen-bond donors (Lipinski definition) is 1. The molecule has 104 valence electrons. The molecule has 3 rings (SSSR count). The van der Waals surface area contributed by atoms with E-state index in [-0.39, 0.29) is 0 Å². The zero-order valence-corrected chi connectivity index (χ0v) is 12.2. The van der Waals surface area contributed by atoms with Crippen molar-refractivity contribution in [2.45, 2.75) is 32.1 Å². The molecule has 2 N–H and O–H groups in total. The van der Waals surface area contributed by atoms with Crippen molar-refractivity contribution in [3.05, 3.63) is 47.7 Å². The molecule has 3 nitrogen and oxygen atoms in total. The van der Waals surface area contributed by atoms with Crippen LogP contribution < -0.4 is 5.73 Å². The maximum Gasteiger partial charge on any atom is 0.111 e. The highest BCUT2D eigenvalue weighted by molar-refractivity contribution is 5.71. The van der Waals surface area contributed by atoms with Crippen LogP contribution in [0.5, 0.6) is 0 Å². The number of hydrogen-bond acceptors (Lipinski definition) is 2. The SMILES string of the molecule is C=C(N)c1nn(C)c(-c2ccc(C3CCC3)cc2)c1C. The molecule has 1 aromatic heterocycles. The Morgan fingerprint density at radius 1 is 1.30 bits per heavy atom. The molecule has 0 radical (unpaired) electrons. The van der Waals surface area contributed by atoms with Crippen molar-refractivity contribution in [1.29, 1.82) is 0 Å². The summed E-state index contributed by atoms with van der Waals surface area (Å²) in [6.07, 6.45) is 4.04. The minimum atomic E-state index is 0.524. The zero-order chi connectivity index (χ0) is 14.3. The molecule has 1 fully saturated rings. The Bertz CT molecular complexity index is 646. The van der Waals surface area contributed by atoms with Crippen LogP contribution >= 0.6 is 0 Å². The van der Waals surface area contributed by atoms with Crippen LogP contribution in [0.2, 0.25) is 0 Å². The number of nitrogens with two attached hydrogens (primary N) is 1. The lowest BCUT2D eigenvalue weighted by atomic mass is 9.80. The van der Waals surface area contributed by atoms with E-state index in [4.69, 9.17) is 5.73 Å². The largest absolute Gasteiger partial charge is 0.397 e. The highest BCUT2D eigenvalue weighted by Gasteiger charge is 2.20. The van der Waals surface area contributed by atoms with Crippen LogP contribution in [-0.2, 0) is 7.05 Å². The minimum absolute atomic E-state index is 0.524. The summed E-state index contributed by atoms with van der Waals surface area (Å²) >= 11 is 0. The molecule has 0 spiro atoms. The molecule has 2 aromatic rings. The van der Waals surface area contributed by atoms with Gasteiger partial charge in [-0.2, -0.15) is 5.10 Å². The van der Waals surface area contributed by atoms with Crippen LogP contribution in [0.1, 0.15) is 42.0 Å². The van der Waals surface area contributed by atoms with E-state index in [9.17, 15) is 0 Å². The monoisotopic (exact) mass is 267 g/mol. The average molecular weight is 267 g/mol. The quantitative estimate of drug-likeness (QED) is 0.923. The summed E-state index contributed by atoms with van der Waals surface area (Å²) in [5.41, 5.74) is 12.0. The van der Waals surface area contributed by atoms with Crippen LogP contribution in [-0.4, -0.2) is 9.78 Å². The van der Waals surface area contributed by atoms with Gasteiger partial charge in [-0.15, -0.1) is 0 Å². The van der Waals surface area contributed by atoms with Crippen LogP contribution in [0.3, 0.4) is 0 Å². The Morgan fingerprint density at radius 2 is 1.95 bits per heavy atom. The standard InChI is InChI=1S/C17H21N3/c1-11-16(12(2)18)19-20(3)17(11)15-9-7-14(8-10-15)13-5-4-6-13/h7-10,13H,2,4-6,18H2,1,3H3. The lowest BCUT2D eigenvalue weighted by molar-refractivity contribution is 0.420. The van der Waals surface area contributed by atoms with Crippen molar-refractivity contribution < 1.29 is 0 Å². The van der Waals surface area contributed by atoms with E-state index in [0.717, 1.165) is 22.9 Å². The summed E-state index contributed by atoms with van der Waals surface area (Å²) in [6.45, 7) is 5.84. The molecule has 0 amide bonds. The summed E-state index contributed by atoms with van der Waals surface area (Å²) in [5, 5.41) is 4.46. The Balaban J connectivity index is 1.98. The Kier molecular flexibility index (Phi) is 3.13. The van der Waals surface area contributed by atoms with E-state index in [1.807, 2.05) is 11.7 Å². The summed E-state index contributed by atoms with van der Waals surface area (Å²) in [6, 6.07) is 8.90. The fraction of sp³-hybridized carbons (Fsp3) is 0.353. The van der Waals surface area contributed by atoms with Gasteiger partial charge in [-0.25, -0.2) is 0 Å². The summed E-state index contributed by atoms with van der Waals surface area (Å²) < 4.78 is 1.89. The smallest absolute Gasteiger partial charge is 0.111 e. The number of aryl methyl sites for hydroxylation is 1. The second-order valence-electron chi connectivity index (χ2n) is 5.72. The highest BCUT2D eigenvalue weighted by atomic mass is 15.3. The Morgan fingerprint density at radius 3 is 2.40 bits per heavy atom. The van der Waals surface area contributed by atoms with Crippen LogP contribution in [0.4, 0.5) is 0 Å². The second kappa shape index (κ2) is 4.82. The van der Waals surface area contributed by atoms with Gasteiger partial charge in [0.2, 0.25) is 0 Å². The topological polar surface area (TPSA) is 43.8 Å². The normalized spacial score (nSPS) is 15.1. The molecule has 0 aliphatic heterocycles. The molecular formula is C17H21N3. The van der Waals surface area contributed by atoms with E-state index in [1.54, 1.807) is 0 Å². The van der Waals surface area contributed by atoms with Gasteiger partial charge in [0, 0.05) is 18.2 Å². The van der Waals surface area contributed by atoms with Crippen LogP contribution in [0, 0.1) is 6.92 Å². The molecular weight excluding hydrogens is 246 g/mol. The van der Waals surface area contributed by atoms with Gasteiger partial charge in [0.05, 0.1) is 11.4 Å². The van der Waals surface area contributed by atoms with Gasteiger partial charge in [0.1, 0.15) is 5.69 Å². The highest BCUT2D eigenvalue weighted by Crippen LogP contribution is 2.37. The van der Waals surface area contributed by atoms with Gasteiger partial charge in [-0.3, -0.25) is 4.68 Å². The fourth-order valence-electron chi connectivity index (χ4n) is 2.99. The molecule has 0 atom stereocenters. The van der Waals surface area contributed by atoms with E-state index >= 15 is 0 Å². The van der Waals surface area contributed by atoms with E-state index < -0.39 is 0 Å². The summed E-state index contributed by atoms with van der Waals surface area (Å²) in [4.78, 5) is 0. The molecule has 1 aliphatic carbocycles. The maximum absolute atomic E-state index is 5.79. The predicted molar refractivity (Wildman–Crippen MR) is 83.2 cm³/mol. The lowest BCUT2D eigenvalue weighted by Gasteiger charge is -2.25. The van der Waals surface area contributed by atoms with Gasteiger partial charge < -0.3 is 5.73 Å². The first-order valence-electron chi connectivity index (χ1n) is 7.16. The van der Waals surface area contributed by atoms with Gasteiger partial charge in [0.25, 0.3) is 0 Å². The van der Waals surface area contributed by atoms with Gasteiger partial charge in [0.15, 0.2) is 0 Å². The Hall–Kier alpha value is -2.03. The molecule has 20 heavy (non-hydrogen) atoms. The first-order chi connectivity index (χ1) is 9.58. The minimum Gasteiger partial charge on any atom is -0.397 e. The van der Waals surface area contributed by atoms with Gasteiger partial charge >= 0.3 is 0 Å². The average Bonchev–Trinajstić information content (AvgIpc) is 2.64. The maximum atomic E-state index is 5.79. The lowest BCUT2D eigenvalue weighted by Crippen LogP contribution is -2.08. The number of rotatable bonds is 3. The first-order valence-corrected chi connectivity index (χ1v) is 7.16. The molecule has 1 saturated carbocycles. The third-order valence-electron chi connectivity index (χ3n) is 4.35. The summed E-state index contributed by atoms with van der Waals surface area (Å²) in [5.74, 6) is 0.774. The fourth-order valence-corrected chi connectivity index (χ4v) is 2.99. The number of benzene rings is 1. The third-order valence-corrected chi connectivity index (χ3v) is 4.35. The molecule has 1 aromatic carbocycles. The first kappa shape index (κ1) is 13.0. The molecule has 1 aliphatic rings. The van der Waals surface area contributed by atoms with Crippen LogP contribution in [0.15, 0.2) is 30.8 Å². The van der Waals surface area contributed by atoms with Crippen molar-refractivity contribution in [1.82, 2.24) is 9.78 Å². The van der Waals surface area contributed by atoms with Crippen LogP contribution in [0.25, 0.3) is 17.0 Å². The Labute approximate surface area is 120 Å². The zero-order valence-electron chi connectivity index (χ0n) is 12.2. The molecule has 0 unspecified atom stereocenters.